The van der Waals surface area contributed by atoms with Crippen LogP contribution < -0.4 is 11.1 Å². The topological polar surface area (TPSA) is 85.8 Å². The lowest BCUT2D eigenvalue weighted by molar-refractivity contribution is 0.239. The van der Waals surface area contributed by atoms with Crippen LogP contribution in [0.5, 0.6) is 0 Å². The Hall–Kier alpha value is -2.89. The molecule has 0 atom stereocenters. The second-order valence-corrected chi connectivity index (χ2v) is 5.33. The van der Waals surface area contributed by atoms with E-state index in [9.17, 15) is 4.79 Å². The number of benzene rings is 2. The van der Waals surface area contributed by atoms with Crippen molar-refractivity contribution in [2.45, 2.75) is 20.4 Å². The molecular weight excluding hydrogens is 278 g/mol. The number of nitrogens with two attached hydrogens (primary N) is 1. The highest BCUT2D eigenvalue weighted by Crippen LogP contribution is 2.14. The van der Waals surface area contributed by atoms with Gasteiger partial charge < -0.3 is 11.1 Å². The molecule has 0 unspecified atom stereocenters. The van der Waals surface area contributed by atoms with Gasteiger partial charge >= 0.3 is 6.03 Å². The SMILES string of the molecule is Cc1ccc(CNC(=O)n2nnc3cc(N)ccc32)cc1C. The Morgan fingerprint density at radius 2 is 2.00 bits per heavy atom. The average molecular weight is 295 g/mol. The van der Waals surface area contributed by atoms with E-state index in [1.165, 1.54) is 15.8 Å². The summed E-state index contributed by atoms with van der Waals surface area (Å²) in [5, 5.41) is 10.7. The van der Waals surface area contributed by atoms with Crippen molar-refractivity contribution in [2.24, 2.45) is 0 Å². The Morgan fingerprint density at radius 1 is 1.18 bits per heavy atom. The standard InChI is InChI=1S/C16H17N5O/c1-10-3-4-12(7-11(10)2)9-18-16(22)21-15-6-5-13(17)8-14(15)19-20-21/h3-8H,9,17H2,1-2H3,(H,18,22). The minimum absolute atomic E-state index is 0.314. The lowest BCUT2D eigenvalue weighted by atomic mass is 10.1. The Balaban J connectivity index is 1.77. The van der Waals surface area contributed by atoms with E-state index >= 15 is 0 Å². The van der Waals surface area contributed by atoms with Crippen LogP contribution in [0.4, 0.5) is 10.5 Å². The van der Waals surface area contributed by atoms with Gasteiger partial charge in [0.05, 0.1) is 5.52 Å². The molecular formula is C16H17N5O. The van der Waals surface area contributed by atoms with Gasteiger partial charge in [-0.25, -0.2) is 4.79 Å². The number of fused-ring (bicyclic) bond motifs is 1. The van der Waals surface area contributed by atoms with Gasteiger partial charge in [0.1, 0.15) is 5.52 Å². The largest absolute Gasteiger partial charge is 0.399 e. The molecule has 3 aromatic rings. The maximum Gasteiger partial charge on any atom is 0.344 e. The van der Waals surface area contributed by atoms with E-state index < -0.39 is 0 Å². The van der Waals surface area contributed by atoms with E-state index in [0.717, 1.165) is 5.56 Å². The first kappa shape index (κ1) is 14.1. The molecule has 0 saturated heterocycles. The fourth-order valence-electron chi connectivity index (χ4n) is 2.26. The maximum absolute atomic E-state index is 12.2. The molecule has 0 aliphatic carbocycles. The Labute approximate surface area is 127 Å². The first-order valence-electron chi connectivity index (χ1n) is 7.00. The normalized spacial score (nSPS) is 10.8. The van der Waals surface area contributed by atoms with Crippen molar-refractivity contribution < 1.29 is 4.79 Å². The molecule has 3 rings (SSSR count). The first-order valence-corrected chi connectivity index (χ1v) is 7.00. The predicted molar refractivity (Wildman–Crippen MR) is 85.5 cm³/mol. The van der Waals surface area contributed by atoms with Crippen LogP contribution in [0, 0.1) is 13.8 Å². The number of nitrogen functional groups attached to an aromatic ring is 1. The second kappa shape index (κ2) is 5.48. The zero-order chi connectivity index (χ0) is 15.7. The number of aryl methyl sites for hydroxylation is 2. The fourth-order valence-corrected chi connectivity index (χ4v) is 2.26. The van der Waals surface area contributed by atoms with Crippen LogP contribution in [0.2, 0.25) is 0 Å². The minimum atomic E-state index is -0.314. The molecule has 0 bridgehead atoms. The van der Waals surface area contributed by atoms with E-state index in [1.54, 1.807) is 18.2 Å². The van der Waals surface area contributed by atoms with Crippen LogP contribution >= 0.6 is 0 Å². The summed E-state index contributed by atoms with van der Waals surface area (Å²) in [6.07, 6.45) is 0. The van der Waals surface area contributed by atoms with Gasteiger partial charge in [-0.05, 0) is 48.7 Å². The number of anilines is 1. The van der Waals surface area contributed by atoms with Gasteiger partial charge in [-0.1, -0.05) is 23.4 Å². The van der Waals surface area contributed by atoms with Crippen LogP contribution in [-0.4, -0.2) is 21.0 Å². The van der Waals surface area contributed by atoms with Gasteiger partial charge in [-0.15, -0.1) is 5.10 Å². The number of nitrogens with one attached hydrogen (secondary N) is 1. The molecule has 6 heteroatoms. The molecule has 0 fully saturated rings. The van der Waals surface area contributed by atoms with Crippen molar-refractivity contribution in [1.29, 1.82) is 0 Å². The summed E-state index contributed by atoms with van der Waals surface area (Å²) < 4.78 is 1.25. The van der Waals surface area contributed by atoms with E-state index in [0.29, 0.717) is 23.3 Å². The lowest BCUT2D eigenvalue weighted by Gasteiger charge is -2.07. The van der Waals surface area contributed by atoms with Gasteiger partial charge in [0.2, 0.25) is 0 Å². The second-order valence-electron chi connectivity index (χ2n) is 5.33. The van der Waals surface area contributed by atoms with Gasteiger partial charge in [0, 0.05) is 12.2 Å². The van der Waals surface area contributed by atoms with Crippen LogP contribution in [0.25, 0.3) is 11.0 Å². The summed E-state index contributed by atoms with van der Waals surface area (Å²) >= 11 is 0. The molecule has 22 heavy (non-hydrogen) atoms. The Bertz CT molecular complexity index is 853. The molecule has 1 heterocycles. The first-order chi connectivity index (χ1) is 10.5. The molecule has 6 nitrogen and oxygen atoms in total. The zero-order valence-electron chi connectivity index (χ0n) is 12.5. The fraction of sp³-hybridized carbons (Fsp3) is 0.188. The summed E-state index contributed by atoms with van der Waals surface area (Å²) in [5.41, 5.74) is 11.0. The molecule has 1 amide bonds. The molecule has 0 spiro atoms. The minimum Gasteiger partial charge on any atom is -0.399 e. The number of carbonyl (C=O) groups excluding carboxylic acids is 1. The van der Waals surface area contributed by atoms with Crippen molar-refractivity contribution >= 4 is 22.8 Å². The Kier molecular flexibility index (Phi) is 3.50. The number of rotatable bonds is 2. The van der Waals surface area contributed by atoms with Crippen LogP contribution in [0.1, 0.15) is 16.7 Å². The molecule has 1 aromatic heterocycles. The smallest absolute Gasteiger partial charge is 0.344 e. The molecule has 0 aliphatic heterocycles. The van der Waals surface area contributed by atoms with Gasteiger partial charge in [-0.3, -0.25) is 0 Å². The monoisotopic (exact) mass is 295 g/mol. The van der Waals surface area contributed by atoms with Crippen molar-refractivity contribution in [3.63, 3.8) is 0 Å². The van der Waals surface area contributed by atoms with E-state index in [1.807, 2.05) is 12.1 Å². The van der Waals surface area contributed by atoms with Gasteiger partial charge in [-0.2, -0.15) is 4.68 Å². The Morgan fingerprint density at radius 3 is 2.77 bits per heavy atom. The third-order valence-electron chi connectivity index (χ3n) is 3.68. The highest BCUT2D eigenvalue weighted by atomic mass is 16.2. The van der Waals surface area contributed by atoms with Crippen molar-refractivity contribution in [1.82, 2.24) is 20.3 Å². The summed E-state index contributed by atoms with van der Waals surface area (Å²) in [6, 6.07) is 10.9. The average Bonchev–Trinajstić information content (AvgIpc) is 2.91. The number of amides is 1. The number of aromatic nitrogens is 3. The molecule has 0 saturated carbocycles. The molecule has 3 N–H and O–H groups in total. The van der Waals surface area contributed by atoms with E-state index in [-0.39, 0.29) is 6.03 Å². The summed E-state index contributed by atoms with van der Waals surface area (Å²) in [5.74, 6) is 0. The third kappa shape index (κ3) is 2.63. The lowest BCUT2D eigenvalue weighted by Crippen LogP contribution is -2.28. The highest BCUT2D eigenvalue weighted by molar-refractivity contribution is 5.88. The highest BCUT2D eigenvalue weighted by Gasteiger charge is 2.11. The van der Waals surface area contributed by atoms with Gasteiger partial charge in [0.25, 0.3) is 0 Å². The summed E-state index contributed by atoms with van der Waals surface area (Å²) in [4.78, 5) is 12.2. The van der Waals surface area contributed by atoms with Crippen molar-refractivity contribution in [2.75, 3.05) is 5.73 Å². The van der Waals surface area contributed by atoms with Crippen LogP contribution in [0.3, 0.4) is 0 Å². The number of carbonyl (C=O) groups is 1. The summed E-state index contributed by atoms with van der Waals surface area (Å²) in [7, 11) is 0. The van der Waals surface area contributed by atoms with E-state index in [2.05, 4.69) is 35.5 Å². The van der Waals surface area contributed by atoms with Crippen molar-refractivity contribution in [3.05, 3.63) is 53.1 Å². The van der Waals surface area contributed by atoms with Gasteiger partial charge in [0.15, 0.2) is 0 Å². The zero-order valence-corrected chi connectivity index (χ0v) is 12.5. The number of hydrogen-bond acceptors (Lipinski definition) is 4. The maximum atomic E-state index is 12.2. The third-order valence-corrected chi connectivity index (χ3v) is 3.68. The quantitative estimate of drug-likeness (QED) is 0.711. The molecule has 112 valence electrons. The molecule has 0 aliphatic rings. The number of hydrogen-bond donors (Lipinski definition) is 2. The van der Waals surface area contributed by atoms with E-state index in [4.69, 9.17) is 5.73 Å². The summed E-state index contributed by atoms with van der Waals surface area (Å²) in [6.45, 7) is 4.55. The van der Waals surface area contributed by atoms with Crippen LogP contribution in [-0.2, 0) is 6.54 Å². The molecule has 0 radical (unpaired) electrons. The predicted octanol–water partition coefficient (Wildman–Crippen LogP) is 2.39. The number of nitrogens with zero attached hydrogens (tertiary/aromatic N) is 3. The van der Waals surface area contributed by atoms with Crippen LogP contribution in [0.15, 0.2) is 36.4 Å². The van der Waals surface area contributed by atoms with Crippen molar-refractivity contribution in [3.8, 4) is 0 Å². The molecule has 2 aromatic carbocycles.